The molecule has 7 nitrogen and oxygen atoms in total. The lowest BCUT2D eigenvalue weighted by Gasteiger charge is -2.10. The summed E-state index contributed by atoms with van der Waals surface area (Å²) in [7, 11) is 0. The van der Waals surface area contributed by atoms with E-state index >= 15 is 0 Å². The smallest absolute Gasteiger partial charge is 0.326 e. The predicted octanol–water partition coefficient (Wildman–Crippen LogP) is 0.860. The fraction of sp³-hybridized carbons (Fsp3) is 0.231. The summed E-state index contributed by atoms with van der Waals surface area (Å²) in [6.45, 7) is 1.68. The van der Waals surface area contributed by atoms with Crippen molar-refractivity contribution in [3.63, 3.8) is 0 Å². The minimum atomic E-state index is -1.07. The van der Waals surface area contributed by atoms with Gasteiger partial charge in [-0.15, -0.1) is 5.10 Å². The number of hydrogen-bond acceptors (Lipinski definition) is 4. The number of carboxylic acid groups (broad SMARTS) is 1. The van der Waals surface area contributed by atoms with Crippen LogP contribution < -0.4 is 5.32 Å². The lowest BCUT2D eigenvalue weighted by atomic mass is 10.2. The van der Waals surface area contributed by atoms with Crippen molar-refractivity contribution >= 4 is 11.9 Å². The van der Waals surface area contributed by atoms with E-state index in [2.05, 4.69) is 15.6 Å². The third kappa shape index (κ3) is 3.00. The summed E-state index contributed by atoms with van der Waals surface area (Å²) in [6.07, 6.45) is 1.76. The van der Waals surface area contributed by atoms with Crippen LogP contribution >= 0.6 is 0 Å². The molecule has 2 aromatic rings. The van der Waals surface area contributed by atoms with Gasteiger partial charge in [0.1, 0.15) is 6.04 Å². The maximum Gasteiger partial charge on any atom is 0.326 e. The molecule has 0 bridgehead atoms. The number of rotatable bonds is 5. The van der Waals surface area contributed by atoms with Crippen LogP contribution in [0.2, 0.25) is 0 Å². The van der Waals surface area contributed by atoms with Gasteiger partial charge in [-0.1, -0.05) is 30.3 Å². The van der Waals surface area contributed by atoms with E-state index in [1.807, 2.05) is 30.3 Å². The first kappa shape index (κ1) is 13.7. The highest BCUT2D eigenvalue weighted by Crippen LogP contribution is 2.06. The van der Waals surface area contributed by atoms with E-state index in [-0.39, 0.29) is 5.69 Å². The summed E-state index contributed by atoms with van der Waals surface area (Å²) in [5.74, 6) is -1.63. The van der Waals surface area contributed by atoms with Crippen molar-refractivity contribution in [1.82, 2.24) is 20.3 Å². The zero-order chi connectivity index (χ0) is 14.5. The summed E-state index contributed by atoms with van der Waals surface area (Å²) in [4.78, 5) is 22.7. The van der Waals surface area contributed by atoms with Crippen molar-refractivity contribution in [2.45, 2.75) is 19.4 Å². The Morgan fingerprint density at radius 2 is 2.05 bits per heavy atom. The van der Waals surface area contributed by atoms with Crippen LogP contribution in [0.15, 0.2) is 36.5 Å². The molecule has 0 saturated heterocycles. The second kappa shape index (κ2) is 5.96. The van der Waals surface area contributed by atoms with Gasteiger partial charge in [-0.25, -0.2) is 9.48 Å². The number of carbonyl (C=O) groups is 2. The highest BCUT2D eigenvalue weighted by atomic mass is 16.4. The Morgan fingerprint density at radius 1 is 1.35 bits per heavy atom. The SMILES string of the molecule is CC[C@H](NC(=O)c1cn(-c2ccccc2)nn1)C(=O)O. The molecular weight excluding hydrogens is 260 g/mol. The van der Waals surface area contributed by atoms with Crippen LogP contribution in [0.5, 0.6) is 0 Å². The number of para-hydroxylation sites is 1. The molecule has 0 spiro atoms. The van der Waals surface area contributed by atoms with Crippen LogP contribution in [0.1, 0.15) is 23.8 Å². The van der Waals surface area contributed by atoms with E-state index in [4.69, 9.17) is 5.11 Å². The number of nitrogens with zero attached hydrogens (tertiary/aromatic N) is 3. The second-order valence-electron chi connectivity index (χ2n) is 4.16. The minimum absolute atomic E-state index is 0.0774. The Balaban J connectivity index is 2.13. The lowest BCUT2D eigenvalue weighted by molar-refractivity contribution is -0.139. The second-order valence-corrected chi connectivity index (χ2v) is 4.16. The molecule has 0 aliphatic rings. The van der Waals surface area contributed by atoms with Crippen molar-refractivity contribution in [3.8, 4) is 5.69 Å². The van der Waals surface area contributed by atoms with Crippen LogP contribution in [0.25, 0.3) is 5.69 Å². The van der Waals surface area contributed by atoms with Crippen molar-refractivity contribution in [3.05, 3.63) is 42.2 Å². The maximum absolute atomic E-state index is 11.9. The van der Waals surface area contributed by atoms with Crippen molar-refractivity contribution in [1.29, 1.82) is 0 Å². The van der Waals surface area contributed by atoms with Gasteiger partial charge in [0, 0.05) is 0 Å². The zero-order valence-corrected chi connectivity index (χ0v) is 10.9. The van der Waals surface area contributed by atoms with E-state index in [0.29, 0.717) is 6.42 Å². The average Bonchev–Trinajstić information content (AvgIpc) is 2.95. The molecule has 20 heavy (non-hydrogen) atoms. The van der Waals surface area contributed by atoms with Crippen LogP contribution in [0, 0.1) is 0 Å². The molecule has 2 rings (SSSR count). The van der Waals surface area contributed by atoms with Crippen molar-refractivity contribution in [2.24, 2.45) is 0 Å². The number of aromatic nitrogens is 3. The topological polar surface area (TPSA) is 97.1 Å². The first-order valence-corrected chi connectivity index (χ1v) is 6.13. The molecule has 1 aromatic carbocycles. The first-order chi connectivity index (χ1) is 9.61. The standard InChI is InChI=1S/C13H14N4O3/c1-2-10(13(19)20)14-12(18)11-8-17(16-15-11)9-6-4-3-5-7-9/h3-8,10H,2H2,1H3,(H,14,18)(H,19,20)/t10-/m0/s1. The molecule has 1 amide bonds. The monoisotopic (exact) mass is 274 g/mol. The number of benzene rings is 1. The lowest BCUT2D eigenvalue weighted by Crippen LogP contribution is -2.40. The molecular formula is C13H14N4O3. The van der Waals surface area contributed by atoms with E-state index in [1.165, 1.54) is 10.9 Å². The van der Waals surface area contributed by atoms with Crippen LogP contribution in [-0.4, -0.2) is 38.0 Å². The Labute approximate surface area is 115 Å². The number of carbonyl (C=O) groups excluding carboxylic acids is 1. The minimum Gasteiger partial charge on any atom is -0.480 e. The van der Waals surface area contributed by atoms with Crippen molar-refractivity contribution in [2.75, 3.05) is 0 Å². The normalized spacial score (nSPS) is 11.8. The Hall–Kier alpha value is -2.70. The van der Waals surface area contributed by atoms with Gasteiger partial charge in [-0.05, 0) is 18.6 Å². The Bertz CT molecular complexity index is 609. The third-order valence-corrected chi connectivity index (χ3v) is 2.76. The largest absolute Gasteiger partial charge is 0.480 e. The van der Waals surface area contributed by atoms with Gasteiger partial charge in [-0.3, -0.25) is 4.79 Å². The molecule has 0 fully saturated rings. The molecule has 0 aliphatic carbocycles. The van der Waals surface area contributed by atoms with Crippen LogP contribution in [-0.2, 0) is 4.79 Å². The number of amides is 1. The number of hydrogen-bond donors (Lipinski definition) is 2. The van der Waals surface area contributed by atoms with E-state index in [1.54, 1.807) is 6.92 Å². The molecule has 0 saturated carbocycles. The van der Waals surface area contributed by atoms with Crippen molar-refractivity contribution < 1.29 is 14.7 Å². The highest BCUT2D eigenvalue weighted by molar-refractivity contribution is 5.94. The highest BCUT2D eigenvalue weighted by Gasteiger charge is 2.20. The van der Waals surface area contributed by atoms with E-state index in [9.17, 15) is 9.59 Å². The molecule has 2 N–H and O–H groups in total. The van der Waals surface area contributed by atoms with Gasteiger partial charge in [0.05, 0.1) is 11.9 Å². The average molecular weight is 274 g/mol. The molecule has 104 valence electrons. The quantitative estimate of drug-likeness (QED) is 0.842. The molecule has 0 radical (unpaired) electrons. The molecule has 1 aromatic heterocycles. The predicted molar refractivity (Wildman–Crippen MR) is 70.5 cm³/mol. The first-order valence-electron chi connectivity index (χ1n) is 6.13. The number of aliphatic carboxylic acids is 1. The molecule has 7 heteroatoms. The van der Waals surface area contributed by atoms with Gasteiger partial charge in [0.15, 0.2) is 5.69 Å². The molecule has 1 atom stereocenters. The summed E-state index contributed by atoms with van der Waals surface area (Å²) >= 11 is 0. The number of nitrogens with one attached hydrogen (secondary N) is 1. The summed E-state index contributed by atoms with van der Waals surface area (Å²) in [6, 6.07) is 8.27. The van der Waals surface area contributed by atoms with Gasteiger partial charge in [-0.2, -0.15) is 0 Å². The van der Waals surface area contributed by atoms with E-state index < -0.39 is 17.9 Å². The fourth-order valence-electron chi connectivity index (χ4n) is 1.65. The van der Waals surface area contributed by atoms with Gasteiger partial charge >= 0.3 is 5.97 Å². The van der Waals surface area contributed by atoms with Crippen LogP contribution in [0.4, 0.5) is 0 Å². The third-order valence-electron chi connectivity index (χ3n) is 2.76. The Morgan fingerprint density at radius 3 is 2.65 bits per heavy atom. The maximum atomic E-state index is 11.9. The molecule has 0 unspecified atom stereocenters. The Kier molecular flexibility index (Phi) is 4.09. The zero-order valence-electron chi connectivity index (χ0n) is 10.9. The number of carboxylic acids is 1. The summed E-state index contributed by atoms with van der Waals surface area (Å²) in [5, 5.41) is 18.9. The van der Waals surface area contributed by atoms with Gasteiger partial charge in [0.25, 0.3) is 5.91 Å². The van der Waals surface area contributed by atoms with Crippen LogP contribution in [0.3, 0.4) is 0 Å². The molecule has 1 heterocycles. The summed E-state index contributed by atoms with van der Waals surface area (Å²) in [5.41, 5.74) is 0.845. The van der Waals surface area contributed by atoms with E-state index in [0.717, 1.165) is 5.69 Å². The summed E-state index contributed by atoms with van der Waals surface area (Å²) < 4.78 is 1.45. The fourth-order valence-corrected chi connectivity index (χ4v) is 1.65. The van der Waals surface area contributed by atoms with Gasteiger partial charge in [0.2, 0.25) is 0 Å². The van der Waals surface area contributed by atoms with Gasteiger partial charge < -0.3 is 10.4 Å². The molecule has 0 aliphatic heterocycles.